The normalized spacial score (nSPS) is 7.75. The van der Waals surface area contributed by atoms with Gasteiger partial charge in [-0.1, -0.05) is 12.1 Å². The summed E-state index contributed by atoms with van der Waals surface area (Å²) in [6, 6.07) is 6.32. The van der Waals surface area contributed by atoms with Crippen LogP contribution in [0.4, 0.5) is 5.69 Å². The van der Waals surface area contributed by atoms with Crippen molar-refractivity contribution in [3.8, 4) is 0 Å². The molecule has 1 aromatic carbocycles. The largest absolute Gasteiger partial charge is 0.282 e. The molecular weight excluding hydrogens is 304 g/mol. The summed E-state index contributed by atoms with van der Waals surface area (Å²) in [4.78, 5) is 10.1. The maximum atomic E-state index is 10.2. The number of halogens is 1. The number of hydrogen-bond donors (Lipinski definition) is 1. The van der Waals surface area contributed by atoms with Crippen LogP contribution < -0.4 is 0 Å². The Bertz CT molecular complexity index is 271. The Morgan fingerprint density at radius 3 is 2.17 bits per heavy atom. The molecule has 0 spiro atoms. The van der Waals surface area contributed by atoms with Crippen LogP contribution in [0.2, 0.25) is 0 Å². The van der Waals surface area contributed by atoms with Gasteiger partial charge in [-0.05, 0) is 6.07 Å². The van der Waals surface area contributed by atoms with Crippen molar-refractivity contribution < 1.29 is 4.92 Å². The SMILES string of the molecule is Cl.O=[N+]([O-])c1ccccc1S.[Sn]. The quantitative estimate of drug-likeness (QED) is 0.373. The second kappa shape index (κ2) is 6.56. The molecule has 0 atom stereocenters. The van der Waals surface area contributed by atoms with Gasteiger partial charge < -0.3 is 0 Å². The maximum Gasteiger partial charge on any atom is 0.282 e. The van der Waals surface area contributed by atoms with Gasteiger partial charge in [-0.3, -0.25) is 10.1 Å². The van der Waals surface area contributed by atoms with Gasteiger partial charge >= 0.3 is 0 Å². The summed E-state index contributed by atoms with van der Waals surface area (Å²) in [6.07, 6.45) is 0. The van der Waals surface area contributed by atoms with Gasteiger partial charge in [0, 0.05) is 30.0 Å². The predicted octanol–water partition coefficient (Wildman–Crippen LogP) is 1.92. The summed E-state index contributed by atoms with van der Waals surface area (Å²) in [5.41, 5.74) is 0.0471. The standard InChI is InChI=1S/C6H5NO2S.ClH.Sn/c8-7(9)5-3-1-2-4-6(5)10;;/h1-4,10H;1H;. The molecular formula is C6H6ClNO2SSn. The van der Waals surface area contributed by atoms with Crippen molar-refractivity contribution >= 4 is 54.6 Å². The van der Waals surface area contributed by atoms with Gasteiger partial charge in [0.25, 0.3) is 5.69 Å². The fourth-order valence-corrected chi connectivity index (χ4v) is 0.861. The van der Waals surface area contributed by atoms with E-state index in [-0.39, 0.29) is 42.0 Å². The molecule has 3 nitrogen and oxygen atoms in total. The van der Waals surface area contributed by atoms with Crippen molar-refractivity contribution in [3.05, 3.63) is 34.4 Å². The smallest absolute Gasteiger partial charge is 0.258 e. The number of benzene rings is 1. The van der Waals surface area contributed by atoms with Crippen molar-refractivity contribution in [1.29, 1.82) is 0 Å². The Kier molecular flexibility index (Phi) is 7.97. The molecule has 0 heterocycles. The molecule has 0 amide bonds. The van der Waals surface area contributed by atoms with E-state index >= 15 is 0 Å². The molecule has 0 saturated carbocycles. The molecule has 6 heteroatoms. The second-order valence-electron chi connectivity index (χ2n) is 1.75. The Hall–Kier alpha value is 0.0587. The minimum atomic E-state index is -0.456. The van der Waals surface area contributed by atoms with E-state index in [0.717, 1.165) is 0 Å². The number of rotatable bonds is 1. The van der Waals surface area contributed by atoms with Crippen LogP contribution >= 0.6 is 25.0 Å². The van der Waals surface area contributed by atoms with Crippen molar-refractivity contribution in [2.75, 3.05) is 0 Å². The zero-order valence-corrected chi connectivity index (χ0v) is 10.5. The molecule has 0 fully saturated rings. The Labute approximate surface area is 98.5 Å². The molecule has 0 aromatic heterocycles. The second-order valence-corrected chi connectivity index (χ2v) is 2.23. The number of hydrogen-bond acceptors (Lipinski definition) is 3. The Morgan fingerprint density at radius 2 is 1.83 bits per heavy atom. The van der Waals surface area contributed by atoms with Crippen LogP contribution in [0.5, 0.6) is 0 Å². The van der Waals surface area contributed by atoms with Gasteiger partial charge in [-0.15, -0.1) is 25.0 Å². The van der Waals surface area contributed by atoms with Crippen LogP contribution in [-0.4, -0.2) is 28.8 Å². The first kappa shape index (κ1) is 14.6. The van der Waals surface area contributed by atoms with Crippen LogP contribution in [-0.2, 0) is 0 Å². The first-order valence-electron chi connectivity index (χ1n) is 2.64. The van der Waals surface area contributed by atoms with Crippen LogP contribution in [0, 0.1) is 10.1 Å². The molecule has 0 aliphatic rings. The van der Waals surface area contributed by atoms with E-state index < -0.39 is 4.92 Å². The molecule has 1 rings (SSSR count). The molecule has 0 saturated heterocycles. The third-order valence-electron chi connectivity index (χ3n) is 1.08. The number of nitro groups is 1. The average molecular weight is 310 g/mol. The summed E-state index contributed by atoms with van der Waals surface area (Å²) in [7, 11) is 0. The average Bonchev–Trinajstić information content (AvgIpc) is 1.88. The summed E-state index contributed by atoms with van der Waals surface area (Å²) in [6.45, 7) is 0. The van der Waals surface area contributed by atoms with E-state index in [1.807, 2.05) is 0 Å². The van der Waals surface area contributed by atoms with E-state index in [0.29, 0.717) is 4.90 Å². The van der Waals surface area contributed by atoms with Crippen molar-refractivity contribution in [3.63, 3.8) is 0 Å². The molecule has 0 aliphatic heterocycles. The van der Waals surface area contributed by atoms with E-state index in [2.05, 4.69) is 12.6 Å². The van der Waals surface area contributed by atoms with Crippen molar-refractivity contribution in [1.82, 2.24) is 0 Å². The van der Waals surface area contributed by atoms with Gasteiger partial charge in [0.1, 0.15) is 0 Å². The summed E-state index contributed by atoms with van der Waals surface area (Å²) in [5.74, 6) is 0. The predicted molar refractivity (Wildman–Crippen MR) is 53.4 cm³/mol. The van der Waals surface area contributed by atoms with Crippen LogP contribution in [0.25, 0.3) is 0 Å². The minimum absolute atomic E-state index is 0. The van der Waals surface area contributed by atoms with Crippen LogP contribution in [0.1, 0.15) is 0 Å². The monoisotopic (exact) mass is 311 g/mol. The Morgan fingerprint density at radius 1 is 1.33 bits per heavy atom. The van der Waals surface area contributed by atoms with Gasteiger partial charge in [-0.25, -0.2) is 0 Å². The topological polar surface area (TPSA) is 43.1 Å². The third kappa shape index (κ3) is 3.64. The first-order chi connectivity index (χ1) is 4.72. The van der Waals surface area contributed by atoms with E-state index in [1.165, 1.54) is 6.07 Å². The molecule has 0 bridgehead atoms. The van der Waals surface area contributed by atoms with Gasteiger partial charge in [-0.2, -0.15) is 0 Å². The zero-order chi connectivity index (χ0) is 7.56. The number of thiol groups is 1. The zero-order valence-electron chi connectivity index (χ0n) is 5.93. The molecule has 12 heavy (non-hydrogen) atoms. The van der Waals surface area contributed by atoms with Crippen molar-refractivity contribution in [2.24, 2.45) is 0 Å². The van der Waals surface area contributed by atoms with E-state index in [1.54, 1.807) is 18.2 Å². The first-order valence-corrected chi connectivity index (χ1v) is 3.09. The van der Waals surface area contributed by atoms with Crippen molar-refractivity contribution in [2.45, 2.75) is 4.90 Å². The number of nitrogens with zero attached hydrogens (tertiary/aromatic N) is 1. The van der Waals surface area contributed by atoms with Gasteiger partial charge in [0.2, 0.25) is 0 Å². The van der Waals surface area contributed by atoms with Crippen LogP contribution in [0.3, 0.4) is 0 Å². The summed E-state index contributed by atoms with van der Waals surface area (Å²) < 4.78 is 0. The fraction of sp³-hybridized carbons (Fsp3) is 0. The summed E-state index contributed by atoms with van der Waals surface area (Å²) >= 11 is 3.90. The molecule has 0 N–H and O–H groups in total. The van der Waals surface area contributed by atoms with Crippen LogP contribution in [0.15, 0.2) is 29.2 Å². The molecule has 0 unspecified atom stereocenters. The molecule has 64 valence electrons. The van der Waals surface area contributed by atoms with Gasteiger partial charge in [0.15, 0.2) is 0 Å². The number of para-hydroxylation sites is 1. The molecule has 1 aromatic rings. The maximum absolute atomic E-state index is 10.2. The third-order valence-corrected chi connectivity index (χ3v) is 1.46. The fourth-order valence-electron chi connectivity index (χ4n) is 0.619. The van der Waals surface area contributed by atoms with E-state index in [4.69, 9.17) is 0 Å². The van der Waals surface area contributed by atoms with Gasteiger partial charge in [0.05, 0.1) is 9.82 Å². The number of nitro benzene ring substituents is 1. The summed E-state index contributed by atoms with van der Waals surface area (Å²) in [5, 5.41) is 10.2. The molecule has 4 radical (unpaired) electrons. The van der Waals surface area contributed by atoms with E-state index in [9.17, 15) is 10.1 Å². The minimum Gasteiger partial charge on any atom is -0.258 e. The Balaban J connectivity index is 0. The molecule has 0 aliphatic carbocycles.